The molecule has 2 rings (SSSR count). The van der Waals surface area contributed by atoms with Crippen LogP contribution in [0.1, 0.15) is 49.9 Å². The zero-order valence-electron chi connectivity index (χ0n) is 15.1. The molecule has 0 bridgehead atoms. The first-order valence-electron chi connectivity index (χ1n) is 8.67. The van der Waals surface area contributed by atoms with Crippen LogP contribution in [0.25, 0.3) is 0 Å². The third-order valence-electron chi connectivity index (χ3n) is 4.54. The standard InChI is InChI=1S/C20H24F2O2S/c1-5-13-9-17(10-14(6-2)19(13)21)25(23,24)18-11-15(7-3)20(22)16(8-4)12-18/h9-12H,5-8H2,1-4H3. The van der Waals surface area contributed by atoms with Gasteiger partial charge < -0.3 is 0 Å². The van der Waals surface area contributed by atoms with Gasteiger partial charge in [-0.25, -0.2) is 17.2 Å². The molecule has 0 saturated heterocycles. The number of benzene rings is 2. The van der Waals surface area contributed by atoms with Crippen molar-refractivity contribution in [1.29, 1.82) is 0 Å². The van der Waals surface area contributed by atoms with Crippen LogP contribution < -0.4 is 0 Å². The second kappa shape index (κ2) is 7.65. The second-order valence-corrected chi connectivity index (χ2v) is 7.98. The molecule has 0 N–H and O–H groups in total. The molecule has 0 aromatic heterocycles. The van der Waals surface area contributed by atoms with Crippen molar-refractivity contribution in [1.82, 2.24) is 0 Å². The third-order valence-corrected chi connectivity index (χ3v) is 6.25. The predicted octanol–water partition coefficient (Wildman–Crippen LogP) is 5.05. The maximum atomic E-state index is 14.3. The van der Waals surface area contributed by atoms with E-state index in [9.17, 15) is 17.2 Å². The molecule has 0 aliphatic heterocycles. The van der Waals surface area contributed by atoms with E-state index in [1.807, 2.05) is 0 Å². The van der Waals surface area contributed by atoms with Crippen molar-refractivity contribution in [2.24, 2.45) is 0 Å². The number of rotatable bonds is 6. The smallest absolute Gasteiger partial charge is 0.206 e. The Hall–Kier alpha value is -1.75. The van der Waals surface area contributed by atoms with Gasteiger partial charge in [-0.15, -0.1) is 0 Å². The molecule has 2 aromatic carbocycles. The fraction of sp³-hybridized carbons (Fsp3) is 0.400. The highest BCUT2D eigenvalue weighted by Crippen LogP contribution is 2.29. The lowest BCUT2D eigenvalue weighted by atomic mass is 10.1. The van der Waals surface area contributed by atoms with Crippen LogP contribution in [0.2, 0.25) is 0 Å². The molecule has 0 radical (unpaired) electrons. The van der Waals surface area contributed by atoms with Gasteiger partial charge in [0, 0.05) is 0 Å². The Bertz CT molecular complexity index is 769. The van der Waals surface area contributed by atoms with E-state index in [4.69, 9.17) is 0 Å². The maximum Gasteiger partial charge on any atom is 0.206 e. The van der Waals surface area contributed by atoms with Gasteiger partial charge in [-0.2, -0.15) is 0 Å². The van der Waals surface area contributed by atoms with Gasteiger partial charge >= 0.3 is 0 Å². The number of halogens is 2. The Morgan fingerprint density at radius 1 is 0.640 bits per heavy atom. The quantitative estimate of drug-likeness (QED) is 0.671. The fourth-order valence-corrected chi connectivity index (χ4v) is 4.37. The first kappa shape index (κ1) is 19.6. The highest BCUT2D eigenvalue weighted by Gasteiger charge is 2.23. The monoisotopic (exact) mass is 366 g/mol. The van der Waals surface area contributed by atoms with Crippen LogP contribution in [0.4, 0.5) is 8.78 Å². The highest BCUT2D eigenvalue weighted by molar-refractivity contribution is 7.91. The molecule has 2 aromatic rings. The molecule has 5 heteroatoms. The van der Waals surface area contributed by atoms with Gasteiger partial charge in [0.25, 0.3) is 0 Å². The molecule has 0 aliphatic carbocycles. The molecule has 25 heavy (non-hydrogen) atoms. The molecule has 0 spiro atoms. The number of hydrogen-bond acceptors (Lipinski definition) is 2. The molecule has 0 unspecified atom stereocenters. The Morgan fingerprint density at radius 3 is 1.08 bits per heavy atom. The normalized spacial score (nSPS) is 11.8. The molecular formula is C20H24F2O2S. The molecule has 0 saturated carbocycles. The van der Waals surface area contributed by atoms with Gasteiger partial charge in [0.2, 0.25) is 9.84 Å². The van der Waals surface area contributed by atoms with Crippen molar-refractivity contribution in [3.8, 4) is 0 Å². The summed E-state index contributed by atoms with van der Waals surface area (Å²) in [6, 6.07) is 5.57. The minimum atomic E-state index is -3.84. The lowest BCUT2D eigenvalue weighted by Gasteiger charge is -2.13. The zero-order chi connectivity index (χ0) is 18.8. The van der Waals surface area contributed by atoms with E-state index in [2.05, 4.69) is 0 Å². The molecule has 2 nitrogen and oxygen atoms in total. The van der Waals surface area contributed by atoms with Crippen molar-refractivity contribution in [2.45, 2.75) is 63.2 Å². The minimum absolute atomic E-state index is 0.0679. The summed E-state index contributed by atoms with van der Waals surface area (Å²) in [7, 11) is -3.84. The average Bonchev–Trinajstić information content (AvgIpc) is 2.61. The number of hydrogen-bond donors (Lipinski definition) is 0. The zero-order valence-corrected chi connectivity index (χ0v) is 15.9. The van der Waals surface area contributed by atoms with Crippen LogP contribution in [0, 0.1) is 11.6 Å². The summed E-state index contributed by atoms with van der Waals surface area (Å²) >= 11 is 0. The van der Waals surface area contributed by atoms with E-state index in [1.165, 1.54) is 24.3 Å². The summed E-state index contributed by atoms with van der Waals surface area (Å²) < 4.78 is 54.7. The van der Waals surface area contributed by atoms with Crippen LogP contribution in [0.3, 0.4) is 0 Å². The SMILES string of the molecule is CCc1cc(S(=O)(=O)c2cc(CC)c(F)c(CC)c2)cc(CC)c1F. The summed E-state index contributed by atoms with van der Waals surface area (Å²) in [6.07, 6.45) is 1.64. The molecule has 0 aliphatic rings. The summed E-state index contributed by atoms with van der Waals surface area (Å²) in [5.74, 6) is -0.682. The van der Waals surface area contributed by atoms with Gasteiger partial charge in [-0.05, 0) is 72.2 Å². The van der Waals surface area contributed by atoms with Crippen LogP contribution in [-0.4, -0.2) is 8.42 Å². The summed E-state index contributed by atoms with van der Waals surface area (Å²) in [5.41, 5.74) is 1.52. The minimum Gasteiger partial charge on any atom is -0.219 e. The van der Waals surface area contributed by atoms with Crippen molar-refractivity contribution in [3.05, 3.63) is 58.2 Å². The topological polar surface area (TPSA) is 34.1 Å². The molecule has 136 valence electrons. The van der Waals surface area contributed by atoms with Gasteiger partial charge in [0.05, 0.1) is 9.79 Å². The van der Waals surface area contributed by atoms with Crippen molar-refractivity contribution < 1.29 is 17.2 Å². The van der Waals surface area contributed by atoms with Crippen molar-refractivity contribution in [3.63, 3.8) is 0 Å². The van der Waals surface area contributed by atoms with Crippen molar-refractivity contribution in [2.75, 3.05) is 0 Å². The molecule has 0 fully saturated rings. The lowest BCUT2D eigenvalue weighted by Crippen LogP contribution is -2.08. The second-order valence-electron chi connectivity index (χ2n) is 6.03. The van der Waals surface area contributed by atoms with Crippen LogP contribution >= 0.6 is 0 Å². The Balaban J connectivity index is 2.71. The van der Waals surface area contributed by atoms with Gasteiger partial charge in [-0.1, -0.05) is 27.7 Å². The molecule has 0 atom stereocenters. The van der Waals surface area contributed by atoms with Crippen LogP contribution in [-0.2, 0) is 35.5 Å². The highest BCUT2D eigenvalue weighted by atomic mass is 32.2. The number of sulfone groups is 1. The number of aryl methyl sites for hydroxylation is 4. The van der Waals surface area contributed by atoms with E-state index >= 15 is 0 Å². The summed E-state index contributed by atoms with van der Waals surface area (Å²) in [5, 5.41) is 0. The van der Waals surface area contributed by atoms with Crippen LogP contribution in [0.15, 0.2) is 34.1 Å². The van der Waals surface area contributed by atoms with Gasteiger partial charge in [0.15, 0.2) is 0 Å². The van der Waals surface area contributed by atoms with E-state index in [1.54, 1.807) is 27.7 Å². The Labute approximate surface area is 148 Å². The van der Waals surface area contributed by atoms with E-state index in [-0.39, 0.29) is 21.4 Å². The van der Waals surface area contributed by atoms with Crippen LogP contribution in [0.5, 0.6) is 0 Å². The average molecular weight is 366 g/mol. The van der Waals surface area contributed by atoms with Crippen molar-refractivity contribution >= 4 is 9.84 Å². The largest absolute Gasteiger partial charge is 0.219 e. The third kappa shape index (κ3) is 3.61. The van der Waals surface area contributed by atoms with E-state index < -0.39 is 9.84 Å². The van der Waals surface area contributed by atoms with E-state index in [0.717, 1.165) is 0 Å². The first-order valence-corrected chi connectivity index (χ1v) is 10.2. The maximum absolute atomic E-state index is 14.3. The molecule has 0 amide bonds. The first-order chi connectivity index (χ1) is 11.8. The van der Waals surface area contributed by atoms with E-state index in [0.29, 0.717) is 47.9 Å². The Kier molecular flexibility index (Phi) is 5.99. The fourth-order valence-electron chi connectivity index (χ4n) is 2.91. The lowest BCUT2D eigenvalue weighted by molar-refractivity contribution is 0.582. The summed E-state index contributed by atoms with van der Waals surface area (Å²) in [6.45, 7) is 7.15. The Morgan fingerprint density at radius 2 is 0.880 bits per heavy atom. The molecule has 0 heterocycles. The van der Waals surface area contributed by atoms with Gasteiger partial charge in [0.1, 0.15) is 11.6 Å². The van der Waals surface area contributed by atoms with Gasteiger partial charge in [-0.3, -0.25) is 0 Å². The molecular weight excluding hydrogens is 342 g/mol. The predicted molar refractivity (Wildman–Crippen MR) is 95.8 cm³/mol. The summed E-state index contributed by atoms with van der Waals surface area (Å²) in [4.78, 5) is 0.136.